The predicted octanol–water partition coefficient (Wildman–Crippen LogP) is 3.81. The summed E-state index contributed by atoms with van der Waals surface area (Å²) >= 11 is 0. The van der Waals surface area contributed by atoms with E-state index < -0.39 is 0 Å². The Morgan fingerprint density at radius 3 is 2.51 bits per heavy atom. The van der Waals surface area contributed by atoms with Crippen molar-refractivity contribution in [1.29, 1.82) is 0 Å². The molecule has 6 rings (SSSR count). The van der Waals surface area contributed by atoms with Crippen LogP contribution in [0.5, 0.6) is 0 Å². The van der Waals surface area contributed by atoms with Crippen LogP contribution in [0, 0.1) is 13.8 Å². The molecule has 0 spiro atoms. The van der Waals surface area contributed by atoms with Crippen molar-refractivity contribution in [2.45, 2.75) is 39.3 Å². The first-order valence-electron chi connectivity index (χ1n) is 13.9. The lowest BCUT2D eigenvalue weighted by atomic mass is 9.97. The zero-order valence-corrected chi connectivity index (χ0v) is 24.1. The van der Waals surface area contributed by atoms with Crippen molar-refractivity contribution in [3.05, 3.63) is 59.4 Å². The molecular weight excluding hydrogens is 518 g/mol. The summed E-state index contributed by atoms with van der Waals surface area (Å²) < 4.78 is 2.24. The smallest absolute Gasteiger partial charge is 0.273 e. The first-order chi connectivity index (χ1) is 19.8. The molecule has 12 heteroatoms. The molecule has 2 aliphatic rings. The lowest BCUT2D eigenvalue weighted by molar-refractivity contribution is 0.0958. The fourth-order valence-electron chi connectivity index (χ4n) is 5.79. The van der Waals surface area contributed by atoms with Crippen LogP contribution in [-0.2, 0) is 6.54 Å². The highest BCUT2D eigenvalue weighted by atomic mass is 16.1. The van der Waals surface area contributed by atoms with Gasteiger partial charge in [-0.2, -0.15) is 5.10 Å². The second kappa shape index (κ2) is 10.8. The van der Waals surface area contributed by atoms with E-state index in [1.165, 1.54) is 5.69 Å². The number of rotatable bonds is 6. The number of hydrogen-bond donors (Lipinski definition) is 3. The van der Waals surface area contributed by atoms with Crippen LogP contribution in [0.25, 0.3) is 11.1 Å². The molecule has 3 N–H and O–H groups in total. The average Bonchev–Trinajstić information content (AvgIpc) is 3.36. The Kier molecular flexibility index (Phi) is 7.00. The lowest BCUT2D eigenvalue weighted by Gasteiger charge is -2.34. The number of amides is 1. The predicted molar refractivity (Wildman–Crippen MR) is 159 cm³/mol. The molecule has 1 fully saturated rings. The van der Waals surface area contributed by atoms with E-state index in [1.54, 1.807) is 13.1 Å². The first-order valence-corrected chi connectivity index (χ1v) is 13.9. The molecule has 0 radical (unpaired) electrons. The number of carbonyl (C=O) groups is 1. The number of aryl methyl sites for hydroxylation is 2. The van der Waals surface area contributed by atoms with Crippen molar-refractivity contribution in [3.63, 3.8) is 0 Å². The molecule has 1 amide bonds. The summed E-state index contributed by atoms with van der Waals surface area (Å²) in [6, 6.07) is 10.2. The highest BCUT2D eigenvalue weighted by Crippen LogP contribution is 2.45. The van der Waals surface area contributed by atoms with E-state index in [1.807, 2.05) is 38.2 Å². The summed E-state index contributed by atoms with van der Waals surface area (Å²) in [6.45, 7) is 6.65. The van der Waals surface area contributed by atoms with Crippen LogP contribution in [0.3, 0.4) is 0 Å². The molecule has 3 aromatic heterocycles. The molecule has 41 heavy (non-hydrogen) atoms. The average molecular weight is 554 g/mol. The van der Waals surface area contributed by atoms with Crippen LogP contribution in [0.2, 0.25) is 0 Å². The molecule has 0 saturated carbocycles. The minimum atomic E-state index is -0.333. The molecule has 0 unspecified atom stereocenters. The Morgan fingerprint density at radius 1 is 0.951 bits per heavy atom. The molecule has 0 atom stereocenters. The summed E-state index contributed by atoms with van der Waals surface area (Å²) in [5, 5.41) is 22.7. The Hall–Kier alpha value is -4.58. The lowest BCUT2D eigenvalue weighted by Crippen LogP contribution is -2.33. The van der Waals surface area contributed by atoms with Crippen LogP contribution < -0.4 is 20.9 Å². The zero-order valence-electron chi connectivity index (χ0n) is 24.1. The third-order valence-electron chi connectivity index (χ3n) is 7.76. The third kappa shape index (κ3) is 5.18. The highest BCUT2D eigenvalue weighted by molar-refractivity contribution is 6.00. The van der Waals surface area contributed by atoms with Crippen LogP contribution in [-0.4, -0.2) is 75.0 Å². The van der Waals surface area contributed by atoms with Gasteiger partial charge in [-0.05, 0) is 52.9 Å². The number of nitrogens with one attached hydrogen (secondary N) is 3. The van der Waals surface area contributed by atoms with Crippen molar-refractivity contribution in [2.24, 2.45) is 0 Å². The van der Waals surface area contributed by atoms with Gasteiger partial charge in [-0.3, -0.25) is 9.48 Å². The molecule has 4 aromatic rings. The standard InChI is InChI=1S/C29H35N11O/c1-17-13-25(33-18(2)32-17)35-26-14-23(27(37-36-26)29(41)30-3)34-22-8-6-7-20-21-15-31-40(19-9-11-38(4)12-10-19)24(21)16-39(5)28(20)22/h6-8,13-15,19H,9-12,16H2,1-5H3,(H,30,41)(H2,32,33,34,35,36). The molecule has 1 saturated heterocycles. The topological polar surface area (TPSA) is 129 Å². The fourth-order valence-corrected chi connectivity index (χ4v) is 5.79. The van der Waals surface area contributed by atoms with Gasteiger partial charge in [-0.15, -0.1) is 10.2 Å². The fraction of sp³-hybridized carbons (Fsp3) is 0.379. The summed E-state index contributed by atoms with van der Waals surface area (Å²) in [5.41, 5.74) is 6.96. The Bertz CT molecular complexity index is 1590. The number of fused-ring (bicyclic) bond motifs is 3. The van der Waals surface area contributed by atoms with E-state index in [-0.39, 0.29) is 11.6 Å². The van der Waals surface area contributed by atoms with Crippen LogP contribution in [0.1, 0.15) is 46.6 Å². The normalized spacial score (nSPS) is 15.3. The summed E-state index contributed by atoms with van der Waals surface area (Å²) in [4.78, 5) is 26.1. The SMILES string of the molecule is CNC(=O)c1nnc(Nc2cc(C)nc(C)n2)cc1Nc1cccc2c1N(C)Cc1c-2cnn1C1CCN(C)CC1. The van der Waals surface area contributed by atoms with E-state index >= 15 is 0 Å². The van der Waals surface area contributed by atoms with Crippen LogP contribution in [0.15, 0.2) is 36.5 Å². The molecular formula is C29H35N11O. The monoisotopic (exact) mass is 553 g/mol. The minimum absolute atomic E-state index is 0.194. The van der Waals surface area contributed by atoms with Gasteiger partial charge in [-0.25, -0.2) is 9.97 Å². The quantitative estimate of drug-likeness (QED) is 0.324. The van der Waals surface area contributed by atoms with Gasteiger partial charge in [0.1, 0.15) is 11.6 Å². The van der Waals surface area contributed by atoms with Gasteiger partial charge in [0.15, 0.2) is 11.5 Å². The third-order valence-corrected chi connectivity index (χ3v) is 7.76. The molecule has 12 nitrogen and oxygen atoms in total. The van der Waals surface area contributed by atoms with Crippen LogP contribution >= 0.6 is 0 Å². The summed E-state index contributed by atoms with van der Waals surface area (Å²) in [6.07, 6.45) is 4.20. The first kappa shape index (κ1) is 26.6. The van der Waals surface area contributed by atoms with E-state index in [2.05, 4.69) is 70.8 Å². The number of carbonyl (C=O) groups excluding carboxylic acids is 1. The Labute approximate surface area is 239 Å². The van der Waals surface area contributed by atoms with E-state index in [0.717, 1.165) is 60.7 Å². The number of para-hydroxylation sites is 1. The minimum Gasteiger partial charge on any atom is -0.366 e. The van der Waals surface area contributed by atoms with Crippen molar-refractivity contribution in [2.75, 3.05) is 49.8 Å². The van der Waals surface area contributed by atoms with Gasteiger partial charge in [0.2, 0.25) is 0 Å². The maximum Gasteiger partial charge on any atom is 0.273 e. The summed E-state index contributed by atoms with van der Waals surface area (Å²) in [5.74, 6) is 1.38. The second-order valence-electron chi connectivity index (χ2n) is 10.8. The maximum absolute atomic E-state index is 12.8. The van der Waals surface area contributed by atoms with E-state index in [0.29, 0.717) is 29.2 Å². The molecule has 0 aliphatic carbocycles. The molecule has 212 valence electrons. The molecule has 0 bridgehead atoms. The Morgan fingerprint density at radius 2 is 1.76 bits per heavy atom. The van der Waals surface area contributed by atoms with E-state index in [4.69, 9.17) is 5.10 Å². The number of benzene rings is 1. The van der Waals surface area contributed by atoms with E-state index in [9.17, 15) is 4.79 Å². The maximum atomic E-state index is 12.8. The molecule has 2 aliphatic heterocycles. The number of nitrogens with zero attached hydrogens (tertiary/aromatic N) is 8. The number of aromatic nitrogens is 6. The second-order valence-corrected chi connectivity index (χ2v) is 10.8. The van der Waals surface area contributed by atoms with Gasteiger partial charge >= 0.3 is 0 Å². The van der Waals surface area contributed by atoms with Crippen molar-refractivity contribution in [3.8, 4) is 11.1 Å². The van der Waals surface area contributed by atoms with Gasteiger partial charge in [-0.1, -0.05) is 12.1 Å². The number of likely N-dealkylation sites (tertiary alicyclic amines) is 1. The van der Waals surface area contributed by atoms with Crippen molar-refractivity contribution >= 4 is 34.6 Å². The number of anilines is 5. The van der Waals surface area contributed by atoms with Gasteiger partial charge in [0.25, 0.3) is 5.91 Å². The van der Waals surface area contributed by atoms with Gasteiger partial charge < -0.3 is 25.8 Å². The molecule has 5 heterocycles. The Balaban J connectivity index is 1.35. The highest BCUT2D eigenvalue weighted by Gasteiger charge is 2.30. The van der Waals surface area contributed by atoms with Gasteiger partial charge in [0, 0.05) is 43.0 Å². The van der Waals surface area contributed by atoms with Crippen molar-refractivity contribution in [1.82, 2.24) is 40.2 Å². The van der Waals surface area contributed by atoms with Crippen molar-refractivity contribution < 1.29 is 4.79 Å². The summed E-state index contributed by atoms with van der Waals surface area (Å²) in [7, 11) is 5.85. The molecule has 1 aromatic carbocycles. The largest absolute Gasteiger partial charge is 0.366 e. The number of hydrogen-bond acceptors (Lipinski definition) is 10. The number of piperidine rings is 1. The zero-order chi connectivity index (χ0) is 28.7. The van der Waals surface area contributed by atoms with Gasteiger partial charge in [0.05, 0.1) is 41.5 Å². The van der Waals surface area contributed by atoms with Crippen LogP contribution in [0.4, 0.5) is 28.7 Å².